The molecule has 3 amide bonds. The van der Waals surface area contributed by atoms with Crippen LogP contribution in [0.1, 0.15) is 12.0 Å². The molecule has 0 spiro atoms. The molecule has 0 radical (unpaired) electrons. The zero-order chi connectivity index (χ0) is 18.5. The fraction of sp³-hybridized carbons (Fsp3) is 0.353. The van der Waals surface area contributed by atoms with Crippen molar-refractivity contribution >= 4 is 34.9 Å². The van der Waals surface area contributed by atoms with Crippen LogP contribution in [0.5, 0.6) is 11.5 Å². The number of fused-ring (bicyclic) bond motifs is 1. The second-order valence-electron chi connectivity index (χ2n) is 5.58. The molecule has 1 fully saturated rings. The highest BCUT2D eigenvalue weighted by atomic mass is 32.2. The molecule has 0 bridgehead atoms. The van der Waals surface area contributed by atoms with Crippen molar-refractivity contribution in [2.24, 2.45) is 0 Å². The third-order valence-corrected chi connectivity index (χ3v) is 4.62. The van der Waals surface area contributed by atoms with Gasteiger partial charge in [-0.15, -0.1) is 0 Å². The molecule has 0 unspecified atom stereocenters. The largest absolute Gasteiger partial charge is 0.454 e. The van der Waals surface area contributed by atoms with E-state index >= 15 is 0 Å². The first-order chi connectivity index (χ1) is 12.6. The summed E-state index contributed by atoms with van der Waals surface area (Å²) in [4.78, 5) is 37.6. The Bertz CT molecular complexity index is 764. The van der Waals surface area contributed by atoms with Crippen molar-refractivity contribution < 1.29 is 28.6 Å². The van der Waals surface area contributed by atoms with Crippen molar-refractivity contribution in [1.82, 2.24) is 10.2 Å². The van der Waals surface area contributed by atoms with Gasteiger partial charge < -0.3 is 19.5 Å². The van der Waals surface area contributed by atoms with Crippen molar-refractivity contribution in [2.45, 2.75) is 6.42 Å². The van der Waals surface area contributed by atoms with Gasteiger partial charge in [0.1, 0.15) is 6.54 Å². The van der Waals surface area contributed by atoms with Crippen molar-refractivity contribution in [3.05, 3.63) is 28.7 Å². The molecule has 2 aliphatic rings. The SMILES string of the molecule is COCCCNC(=O)CN1C(=O)S/C(=C\c2ccc3c(c2)OCO3)C1=O. The number of hydrogen-bond donors (Lipinski definition) is 1. The maximum absolute atomic E-state index is 12.4. The highest BCUT2D eigenvalue weighted by Crippen LogP contribution is 2.36. The van der Waals surface area contributed by atoms with Crippen LogP contribution in [0.2, 0.25) is 0 Å². The average Bonchev–Trinajstić information content (AvgIpc) is 3.18. The van der Waals surface area contributed by atoms with Gasteiger partial charge in [-0.3, -0.25) is 19.3 Å². The predicted octanol–water partition coefficient (Wildman–Crippen LogP) is 1.60. The summed E-state index contributed by atoms with van der Waals surface area (Å²) in [6.07, 6.45) is 2.26. The molecule has 0 atom stereocenters. The normalized spacial score (nSPS) is 17.3. The highest BCUT2D eigenvalue weighted by Gasteiger charge is 2.36. The molecule has 2 aliphatic heterocycles. The molecule has 0 saturated carbocycles. The van der Waals surface area contributed by atoms with Crippen LogP contribution in [-0.2, 0) is 14.3 Å². The molecule has 26 heavy (non-hydrogen) atoms. The minimum Gasteiger partial charge on any atom is -0.454 e. The predicted molar refractivity (Wildman–Crippen MR) is 94.7 cm³/mol. The summed E-state index contributed by atoms with van der Waals surface area (Å²) in [6, 6.07) is 5.24. The number of carbonyl (C=O) groups is 3. The molecule has 2 heterocycles. The van der Waals surface area contributed by atoms with E-state index in [-0.39, 0.29) is 24.2 Å². The van der Waals surface area contributed by atoms with Crippen molar-refractivity contribution in [2.75, 3.05) is 33.6 Å². The van der Waals surface area contributed by atoms with Gasteiger partial charge >= 0.3 is 0 Å². The number of hydrogen-bond acceptors (Lipinski definition) is 7. The Hall–Kier alpha value is -2.52. The second-order valence-corrected chi connectivity index (χ2v) is 6.57. The van der Waals surface area contributed by atoms with Crippen molar-refractivity contribution in [3.63, 3.8) is 0 Å². The van der Waals surface area contributed by atoms with E-state index in [0.717, 1.165) is 16.7 Å². The number of amides is 3. The quantitative estimate of drug-likeness (QED) is 0.569. The lowest BCUT2D eigenvalue weighted by molar-refractivity contribution is -0.129. The number of ether oxygens (including phenoxy) is 3. The lowest BCUT2D eigenvalue weighted by atomic mass is 10.2. The lowest BCUT2D eigenvalue weighted by Crippen LogP contribution is -2.39. The number of nitrogens with zero attached hydrogens (tertiary/aromatic N) is 1. The fourth-order valence-corrected chi connectivity index (χ4v) is 3.27. The summed E-state index contributed by atoms with van der Waals surface area (Å²) < 4.78 is 15.4. The van der Waals surface area contributed by atoms with E-state index in [2.05, 4.69) is 5.32 Å². The molecule has 1 aromatic rings. The summed E-state index contributed by atoms with van der Waals surface area (Å²) in [5.41, 5.74) is 0.712. The number of methoxy groups -OCH3 is 1. The van der Waals surface area contributed by atoms with Crippen LogP contribution in [0, 0.1) is 0 Å². The van der Waals surface area contributed by atoms with Gasteiger partial charge in [-0.2, -0.15) is 0 Å². The Balaban J connectivity index is 1.62. The summed E-state index contributed by atoms with van der Waals surface area (Å²) >= 11 is 0.810. The number of benzene rings is 1. The van der Waals surface area contributed by atoms with Crippen LogP contribution in [0.25, 0.3) is 6.08 Å². The van der Waals surface area contributed by atoms with E-state index < -0.39 is 11.1 Å². The third-order valence-electron chi connectivity index (χ3n) is 3.72. The standard InChI is InChI=1S/C17H18N2O6S/c1-23-6-2-5-18-15(20)9-19-16(21)14(26-17(19)22)8-11-3-4-12-13(7-11)25-10-24-12/h3-4,7-8H,2,5-6,9-10H2,1H3,(H,18,20)/b14-8-. The van der Waals surface area contributed by atoms with Gasteiger partial charge in [0.2, 0.25) is 12.7 Å². The second kappa shape index (κ2) is 8.24. The number of thioether (sulfide) groups is 1. The number of rotatable bonds is 7. The summed E-state index contributed by atoms with van der Waals surface area (Å²) in [5, 5.41) is 2.19. The van der Waals surface area contributed by atoms with Gasteiger partial charge in [0.15, 0.2) is 11.5 Å². The minimum atomic E-state index is -0.482. The van der Waals surface area contributed by atoms with E-state index in [4.69, 9.17) is 14.2 Å². The van der Waals surface area contributed by atoms with Gasteiger partial charge in [-0.25, -0.2) is 0 Å². The van der Waals surface area contributed by atoms with E-state index in [1.807, 2.05) is 0 Å². The molecule has 138 valence electrons. The van der Waals surface area contributed by atoms with Gasteiger partial charge in [0.25, 0.3) is 11.1 Å². The molecule has 1 aromatic carbocycles. The van der Waals surface area contributed by atoms with E-state index in [1.165, 1.54) is 0 Å². The zero-order valence-corrected chi connectivity index (χ0v) is 15.0. The molecule has 0 aliphatic carbocycles. The topological polar surface area (TPSA) is 94.2 Å². The average molecular weight is 378 g/mol. The molecular weight excluding hydrogens is 360 g/mol. The van der Waals surface area contributed by atoms with Gasteiger partial charge in [-0.05, 0) is 42.0 Å². The first-order valence-electron chi connectivity index (χ1n) is 7.99. The third kappa shape index (κ3) is 4.17. The molecule has 9 heteroatoms. The van der Waals surface area contributed by atoms with Crippen LogP contribution in [0.4, 0.5) is 4.79 Å². The van der Waals surface area contributed by atoms with Gasteiger partial charge in [0.05, 0.1) is 4.91 Å². The molecule has 1 saturated heterocycles. The highest BCUT2D eigenvalue weighted by molar-refractivity contribution is 8.18. The summed E-state index contributed by atoms with van der Waals surface area (Å²) in [5.74, 6) is 0.367. The van der Waals surface area contributed by atoms with Crippen LogP contribution in [0.3, 0.4) is 0 Å². The van der Waals surface area contributed by atoms with Crippen LogP contribution >= 0.6 is 11.8 Å². The maximum atomic E-state index is 12.4. The van der Waals surface area contributed by atoms with Crippen LogP contribution < -0.4 is 14.8 Å². The zero-order valence-electron chi connectivity index (χ0n) is 14.1. The smallest absolute Gasteiger partial charge is 0.294 e. The minimum absolute atomic E-state index is 0.162. The maximum Gasteiger partial charge on any atom is 0.294 e. The summed E-state index contributed by atoms with van der Waals surface area (Å²) in [7, 11) is 1.58. The molecule has 0 aromatic heterocycles. The van der Waals surface area contributed by atoms with Crippen LogP contribution in [-0.4, -0.2) is 55.6 Å². The van der Waals surface area contributed by atoms with E-state index in [9.17, 15) is 14.4 Å². The lowest BCUT2D eigenvalue weighted by Gasteiger charge is -2.12. The first-order valence-corrected chi connectivity index (χ1v) is 8.81. The molecule has 3 rings (SSSR count). The molecule has 1 N–H and O–H groups in total. The number of carbonyl (C=O) groups excluding carboxylic acids is 3. The van der Waals surface area contributed by atoms with Crippen molar-refractivity contribution in [3.8, 4) is 11.5 Å². The number of nitrogens with one attached hydrogen (secondary N) is 1. The summed E-state index contributed by atoms with van der Waals surface area (Å²) in [6.45, 7) is 0.820. The molecular formula is C17H18N2O6S. The fourth-order valence-electron chi connectivity index (χ4n) is 2.43. The Morgan fingerprint density at radius 3 is 2.96 bits per heavy atom. The van der Waals surface area contributed by atoms with Crippen molar-refractivity contribution in [1.29, 1.82) is 0 Å². The number of imide groups is 1. The van der Waals surface area contributed by atoms with E-state index in [0.29, 0.717) is 36.6 Å². The van der Waals surface area contributed by atoms with E-state index in [1.54, 1.807) is 31.4 Å². The first kappa shape index (κ1) is 18.3. The monoisotopic (exact) mass is 378 g/mol. The Labute approximate surface area is 154 Å². The van der Waals surface area contributed by atoms with Crippen LogP contribution in [0.15, 0.2) is 23.1 Å². The van der Waals surface area contributed by atoms with Gasteiger partial charge in [0, 0.05) is 20.3 Å². The Morgan fingerprint density at radius 2 is 2.15 bits per heavy atom. The Morgan fingerprint density at radius 1 is 1.35 bits per heavy atom. The van der Waals surface area contributed by atoms with Gasteiger partial charge in [-0.1, -0.05) is 6.07 Å². The molecule has 8 nitrogen and oxygen atoms in total. The Kier molecular flexibility index (Phi) is 5.79.